The number of hydrogen-bond donors (Lipinski definition) is 2. The molecule has 0 aliphatic carbocycles. The maximum absolute atomic E-state index is 9.57. The van der Waals surface area contributed by atoms with Crippen molar-refractivity contribution in [3.63, 3.8) is 0 Å². The third kappa shape index (κ3) is 3.19. The fraction of sp³-hybridized carbons (Fsp3) is 1.00. The van der Waals surface area contributed by atoms with Crippen LogP contribution in [0.2, 0.25) is 0 Å². The van der Waals surface area contributed by atoms with Crippen molar-refractivity contribution in [2.75, 3.05) is 26.3 Å². The van der Waals surface area contributed by atoms with Gasteiger partial charge < -0.3 is 15.2 Å². The standard InChI is InChI=1S/C13H25NO2/c15-11-13(6-8-14-9-7-13)5-1-3-12-4-2-10-16-12/h12,14-15H,1-11H2. The van der Waals surface area contributed by atoms with Gasteiger partial charge in [-0.2, -0.15) is 0 Å². The van der Waals surface area contributed by atoms with Gasteiger partial charge in [-0.15, -0.1) is 0 Å². The zero-order chi connectivity index (χ0) is 11.3. The number of nitrogens with one attached hydrogen (secondary N) is 1. The molecule has 2 aliphatic rings. The van der Waals surface area contributed by atoms with Crippen LogP contribution in [0.4, 0.5) is 0 Å². The van der Waals surface area contributed by atoms with Crippen molar-refractivity contribution in [3.05, 3.63) is 0 Å². The van der Waals surface area contributed by atoms with Crippen LogP contribution >= 0.6 is 0 Å². The highest BCUT2D eigenvalue weighted by Crippen LogP contribution is 2.34. The first-order valence-corrected chi connectivity index (χ1v) is 6.78. The van der Waals surface area contributed by atoms with Crippen LogP contribution in [0.1, 0.15) is 44.9 Å². The van der Waals surface area contributed by atoms with Gasteiger partial charge >= 0.3 is 0 Å². The Bertz CT molecular complexity index is 196. The quantitative estimate of drug-likeness (QED) is 0.751. The van der Waals surface area contributed by atoms with Crippen molar-refractivity contribution >= 4 is 0 Å². The molecular formula is C13H25NO2. The fourth-order valence-electron chi connectivity index (χ4n) is 3.02. The van der Waals surface area contributed by atoms with Gasteiger partial charge in [0.05, 0.1) is 6.10 Å². The van der Waals surface area contributed by atoms with E-state index < -0.39 is 0 Å². The molecule has 16 heavy (non-hydrogen) atoms. The van der Waals surface area contributed by atoms with E-state index in [1.807, 2.05) is 0 Å². The van der Waals surface area contributed by atoms with Crippen LogP contribution in [0.15, 0.2) is 0 Å². The first-order chi connectivity index (χ1) is 7.85. The van der Waals surface area contributed by atoms with Gasteiger partial charge in [-0.25, -0.2) is 0 Å². The summed E-state index contributed by atoms with van der Waals surface area (Å²) in [5.74, 6) is 0. The van der Waals surface area contributed by atoms with Crippen LogP contribution in [0, 0.1) is 5.41 Å². The Hall–Kier alpha value is -0.120. The molecule has 0 radical (unpaired) electrons. The minimum absolute atomic E-state index is 0.212. The Kier molecular flexibility index (Phi) is 4.62. The topological polar surface area (TPSA) is 41.5 Å². The molecule has 2 heterocycles. The fourth-order valence-corrected chi connectivity index (χ4v) is 3.02. The van der Waals surface area contributed by atoms with Crippen LogP contribution in [0.3, 0.4) is 0 Å². The van der Waals surface area contributed by atoms with E-state index in [9.17, 15) is 5.11 Å². The Morgan fingerprint density at radius 1 is 1.31 bits per heavy atom. The van der Waals surface area contributed by atoms with E-state index in [0.29, 0.717) is 12.7 Å². The third-order valence-corrected chi connectivity index (χ3v) is 4.26. The van der Waals surface area contributed by atoms with E-state index in [4.69, 9.17) is 4.74 Å². The molecule has 1 unspecified atom stereocenters. The Morgan fingerprint density at radius 2 is 2.12 bits per heavy atom. The molecule has 0 aromatic rings. The predicted molar refractivity (Wildman–Crippen MR) is 64.4 cm³/mol. The van der Waals surface area contributed by atoms with E-state index in [1.165, 1.54) is 32.1 Å². The maximum atomic E-state index is 9.57. The van der Waals surface area contributed by atoms with Crippen molar-refractivity contribution in [1.82, 2.24) is 5.32 Å². The molecule has 2 fully saturated rings. The summed E-state index contributed by atoms with van der Waals surface area (Å²) in [5.41, 5.74) is 0.212. The highest BCUT2D eigenvalue weighted by Gasteiger charge is 2.31. The van der Waals surface area contributed by atoms with E-state index in [1.54, 1.807) is 0 Å². The molecule has 3 nitrogen and oxygen atoms in total. The number of rotatable bonds is 5. The minimum atomic E-state index is 0.212. The zero-order valence-electron chi connectivity index (χ0n) is 10.2. The smallest absolute Gasteiger partial charge is 0.0576 e. The lowest BCUT2D eigenvalue weighted by Gasteiger charge is -2.36. The summed E-state index contributed by atoms with van der Waals surface area (Å²) < 4.78 is 5.63. The second-order valence-electron chi connectivity index (χ2n) is 5.44. The van der Waals surface area contributed by atoms with Crippen LogP contribution in [0.25, 0.3) is 0 Å². The molecular weight excluding hydrogens is 202 g/mol. The maximum Gasteiger partial charge on any atom is 0.0576 e. The van der Waals surface area contributed by atoms with Gasteiger partial charge in [0, 0.05) is 13.2 Å². The van der Waals surface area contributed by atoms with E-state index in [-0.39, 0.29) is 5.41 Å². The van der Waals surface area contributed by atoms with Gasteiger partial charge in [0.1, 0.15) is 0 Å². The molecule has 3 heteroatoms. The summed E-state index contributed by atoms with van der Waals surface area (Å²) in [7, 11) is 0. The van der Waals surface area contributed by atoms with Gasteiger partial charge in [0.15, 0.2) is 0 Å². The van der Waals surface area contributed by atoms with Crippen molar-refractivity contribution < 1.29 is 9.84 Å². The summed E-state index contributed by atoms with van der Waals surface area (Å²) in [6.45, 7) is 3.46. The number of aliphatic hydroxyl groups is 1. The molecule has 2 rings (SSSR count). The summed E-state index contributed by atoms with van der Waals surface area (Å²) in [6, 6.07) is 0. The van der Waals surface area contributed by atoms with Gasteiger partial charge in [0.2, 0.25) is 0 Å². The predicted octanol–water partition coefficient (Wildman–Crippen LogP) is 1.70. The molecule has 1 atom stereocenters. The van der Waals surface area contributed by atoms with Crippen LogP contribution in [-0.2, 0) is 4.74 Å². The van der Waals surface area contributed by atoms with E-state index in [0.717, 1.165) is 32.5 Å². The molecule has 0 aromatic heterocycles. The Balaban J connectivity index is 1.69. The molecule has 0 saturated carbocycles. The molecule has 0 spiro atoms. The second kappa shape index (κ2) is 5.99. The van der Waals surface area contributed by atoms with Crippen molar-refractivity contribution in [3.8, 4) is 0 Å². The van der Waals surface area contributed by atoms with Crippen LogP contribution in [-0.4, -0.2) is 37.5 Å². The van der Waals surface area contributed by atoms with Crippen molar-refractivity contribution in [1.29, 1.82) is 0 Å². The van der Waals surface area contributed by atoms with Gasteiger partial charge in [-0.05, 0) is 57.0 Å². The molecule has 2 N–H and O–H groups in total. The van der Waals surface area contributed by atoms with Crippen LogP contribution < -0.4 is 5.32 Å². The average molecular weight is 227 g/mol. The normalized spacial score (nSPS) is 29.4. The molecule has 0 aromatic carbocycles. The van der Waals surface area contributed by atoms with E-state index >= 15 is 0 Å². The summed E-state index contributed by atoms with van der Waals surface area (Å²) >= 11 is 0. The summed E-state index contributed by atoms with van der Waals surface area (Å²) in [6.07, 6.45) is 8.83. The lowest BCUT2D eigenvalue weighted by atomic mass is 9.75. The lowest BCUT2D eigenvalue weighted by molar-refractivity contribution is 0.0641. The Labute approximate surface area is 98.6 Å². The van der Waals surface area contributed by atoms with Crippen molar-refractivity contribution in [2.24, 2.45) is 5.41 Å². The van der Waals surface area contributed by atoms with Gasteiger partial charge in [0.25, 0.3) is 0 Å². The number of aliphatic hydroxyl groups excluding tert-OH is 1. The van der Waals surface area contributed by atoms with Gasteiger partial charge in [-0.1, -0.05) is 6.42 Å². The average Bonchev–Trinajstić information content (AvgIpc) is 2.83. The number of ether oxygens (including phenoxy) is 1. The molecule has 0 bridgehead atoms. The Morgan fingerprint density at radius 3 is 2.75 bits per heavy atom. The highest BCUT2D eigenvalue weighted by molar-refractivity contribution is 4.84. The first-order valence-electron chi connectivity index (χ1n) is 6.78. The number of hydrogen-bond acceptors (Lipinski definition) is 3. The highest BCUT2D eigenvalue weighted by atomic mass is 16.5. The monoisotopic (exact) mass is 227 g/mol. The van der Waals surface area contributed by atoms with Crippen molar-refractivity contribution in [2.45, 2.75) is 51.0 Å². The first kappa shape index (κ1) is 12.3. The third-order valence-electron chi connectivity index (χ3n) is 4.26. The SMILES string of the molecule is OCC1(CCCC2CCCO2)CCNCC1. The largest absolute Gasteiger partial charge is 0.396 e. The number of piperidine rings is 1. The molecule has 0 amide bonds. The lowest BCUT2D eigenvalue weighted by Crippen LogP contribution is -2.39. The second-order valence-corrected chi connectivity index (χ2v) is 5.44. The zero-order valence-corrected chi connectivity index (χ0v) is 10.2. The molecule has 94 valence electrons. The van der Waals surface area contributed by atoms with Gasteiger partial charge in [-0.3, -0.25) is 0 Å². The summed E-state index contributed by atoms with van der Waals surface area (Å²) in [5, 5.41) is 12.9. The molecule has 2 aliphatic heterocycles. The summed E-state index contributed by atoms with van der Waals surface area (Å²) in [4.78, 5) is 0. The van der Waals surface area contributed by atoms with Crippen LogP contribution in [0.5, 0.6) is 0 Å². The minimum Gasteiger partial charge on any atom is -0.396 e. The van der Waals surface area contributed by atoms with E-state index in [2.05, 4.69) is 5.32 Å². The molecule has 2 saturated heterocycles.